The molecule has 0 aromatic carbocycles. The highest BCUT2D eigenvalue weighted by atomic mass is 17.2. The molecule has 6 nitrogen and oxygen atoms in total. The van der Waals surface area contributed by atoms with Gasteiger partial charge in [0.1, 0.15) is 0 Å². The predicted octanol–water partition coefficient (Wildman–Crippen LogP) is 0.911. The minimum absolute atomic E-state index is 0.481. The Hall–Kier alpha value is -1.98. The van der Waals surface area contributed by atoms with Crippen molar-refractivity contribution in [1.29, 1.82) is 0 Å². The van der Waals surface area contributed by atoms with Crippen LogP contribution in [0.5, 0.6) is 0 Å². The Morgan fingerprint density at radius 2 is 1.21 bits per heavy atom. The third-order valence-corrected chi connectivity index (χ3v) is 1.17. The van der Waals surface area contributed by atoms with E-state index in [0.29, 0.717) is 0 Å². The summed E-state index contributed by atoms with van der Waals surface area (Å²) in [5.41, 5.74) is 0. The van der Waals surface area contributed by atoms with E-state index in [0.717, 1.165) is 12.2 Å². The van der Waals surface area contributed by atoms with Crippen LogP contribution in [0.25, 0.3) is 0 Å². The van der Waals surface area contributed by atoms with E-state index in [-0.39, 0.29) is 0 Å². The van der Waals surface area contributed by atoms with Gasteiger partial charge >= 0.3 is 11.9 Å². The summed E-state index contributed by atoms with van der Waals surface area (Å²) >= 11 is 0. The Kier molecular flexibility index (Phi) is 4.83. The molecule has 6 heteroatoms. The zero-order valence-electron chi connectivity index (χ0n) is 7.68. The number of allylic oxidation sites excluding steroid dienone is 2. The minimum atomic E-state index is -1.34. The molecule has 0 aliphatic heterocycles. The Balaban J connectivity index is 4.30. The first-order chi connectivity index (χ1) is 6.52. The quantitative estimate of drug-likeness (QED) is 0.298. The van der Waals surface area contributed by atoms with E-state index in [1.165, 1.54) is 13.8 Å². The van der Waals surface area contributed by atoms with Gasteiger partial charge in [0.05, 0.1) is 0 Å². The molecular formula is C8H10O6. The molecule has 0 amide bonds. The number of carbonyl (C=O) groups is 2. The van der Waals surface area contributed by atoms with Crippen LogP contribution in [0.4, 0.5) is 0 Å². The van der Waals surface area contributed by atoms with Crippen LogP contribution in [-0.2, 0) is 19.4 Å². The standard InChI is InChI=1S/C8H10O6/c1-3-5(7(9)10)13-14-6(4-2)8(11)12/h3-4H,1-2H3,(H,9,10)(H,11,12)/b5-3-,6-4-. The van der Waals surface area contributed by atoms with Gasteiger partial charge in [-0.1, -0.05) is 0 Å². The number of rotatable bonds is 5. The van der Waals surface area contributed by atoms with Crippen LogP contribution < -0.4 is 0 Å². The molecule has 0 fully saturated rings. The average molecular weight is 202 g/mol. The van der Waals surface area contributed by atoms with Gasteiger partial charge in [0, 0.05) is 0 Å². The van der Waals surface area contributed by atoms with Gasteiger partial charge < -0.3 is 10.2 Å². The first-order valence-corrected chi connectivity index (χ1v) is 3.66. The summed E-state index contributed by atoms with van der Waals surface area (Å²) in [5, 5.41) is 16.9. The lowest BCUT2D eigenvalue weighted by atomic mass is 10.5. The van der Waals surface area contributed by atoms with Gasteiger partial charge in [0.15, 0.2) is 0 Å². The molecule has 0 aliphatic rings. The molecule has 0 radical (unpaired) electrons. The predicted molar refractivity (Wildman–Crippen MR) is 45.0 cm³/mol. The molecule has 0 saturated heterocycles. The Morgan fingerprint density at radius 1 is 0.929 bits per heavy atom. The van der Waals surface area contributed by atoms with E-state index in [1.807, 2.05) is 0 Å². The lowest BCUT2D eigenvalue weighted by molar-refractivity contribution is -0.233. The van der Waals surface area contributed by atoms with Crippen molar-refractivity contribution in [3.8, 4) is 0 Å². The van der Waals surface area contributed by atoms with E-state index < -0.39 is 23.5 Å². The second-order valence-corrected chi connectivity index (χ2v) is 2.08. The van der Waals surface area contributed by atoms with Crippen LogP contribution in [0.3, 0.4) is 0 Å². The second-order valence-electron chi connectivity index (χ2n) is 2.08. The van der Waals surface area contributed by atoms with Gasteiger partial charge in [0.2, 0.25) is 0 Å². The number of hydrogen-bond donors (Lipinski definition) is 2. The third-order valence-electron chi connectivity index (χ3n) is 1.17. The van der Waals surface area contributed by atoms with E-state index in [9.17, 15) is 9.59 Å². The van der Waals surface area contributed by atoms with Gasteiger partial charge in [0.25, 0.3) is 11.5 Å². The Morgan fingerprint density at radius 3 is 1.36 bits per heavy atom. The largest absolute Gasteiger partial charge is 0.475 e. The third kappa shape index (κ3) is 3.61. The monoisotopic (exact) mass is 202 g/mol. The Bertz CT molecular complexity index is 258. The van der Waals surface area contributed by atoms with E-state index in [1.54, 1.807) is 0 Å². The van der Waals surface area contributed by atoms with Crippen molar-refractivity contribution >= 4 is 11.9 Å². The summed E-state index contributed by atoms with van der Waals surface area (Å²) in [4.78, 5) is 29.3. The van der Waals surface area contributed by atoms with Gasteiger partial charge in [-0.3, -0.25) is 9.78 Å². The van der Waals surface area contributed by atoms with Gasteiger partial charge in [-0.25, -0.2) is 9.59 Å². The number of aliphatic carboxylic acids is 2. The van der Waals surface area contributed by atoms with Crippen LogP contribution in [0.2, 0.25) is 0 Å². The SMILES string of the molecule is C/C=C(\OO/C(=C\C)C(=O)O)C(=O)O. The molecule has 0 aliphatic carbocycles. The van der Waals surface area contributed by atoms with Crippen molar-refractivity contribution in [3.05, 3.63) is 23.7 Å². The molecule has 0 rings (SSSR count). The molecule has 0 bridgehead atoms. The lowest BCUT2D eigenvalue weighted by Crippen LogP contribution is -2.09. The fourth-order valence-corrected chi connectivity index (χ4v) is 0.504. The molecule has 0 saturated carbocycles. The van der Waals surface area contributed by atoms with Crippen LogP contribution in [0.1, 0.15) is 13.8 Å². The first-order valence-electron chi connectivity index (χ1n) is 3.66. The average Bonchev–Trinajstić information content (AvgIpc) is 2.11. The number of hydrogen-bond acceptors (Lipinski definition) is 4. The van der Waals surface area contributed by atoms with Gasteiger partial charge in [-0.05, 0) is 26.0 Å². The summed E-state index contributed by atoms with van der Waals surface area (Å²) < 4.78 is 0. The molecule has 2 N–H and O–H groups in total. The molecule has 0 aromatic rings. The van der Waals surface area contributed by atoms with Crippen molar-refractivity contribution < 1.29 is 29.6 Å². The van der Waals surface area contributed by atoms with Crippen molar-refractivity contribution in [1.82, 2.24) is 0 Å². The highest BCUT2D eigenvalue weighted by Gasteiger charge is 2.13. The maximum Gasteiger partial charge on any atom is 0.376 e. The van der Waals surface area contributed by atoms with E-state index in [4.69, 9.17) is 10.2 Å². The topological polar surface area (TPSA) is 93.1 Å². The van der Waals surface area contributed by atoms with Crippen molar-refractivity contribution in [2.24, 2.45) is 0 Å². The van der Waals surface area contributed by atoms with Crippen molar-refractivity contribution in [2.45, 2.75) is 13.8 Å². The molecule has 0 heterocycles. The highest BCUT2D eigenvalue weighted by molar-refractivity contribution is 5.85. The highest BCUT2D eigenvalue weighted by Crippen LogP contribution is 2.04. The van der Waals surface area contributed by atoms with Gasteiger partial charge in [-0.2, -0.15) is 0 Å². The summed E-state index contributed by atoms with van der Waals surface area (Å²) in [5.74, 6) is -3.64. The fourth-order valence-electron chi connectivity index (χ4n) is 0.504. The van der Waals surface area contributed by atoms with E-state index in [2.05, 4.69) is 9.78 Å². The lowest BCUT2D eigenvalue weighted by Gasteiger charge is -2.04. The van der Waals surface area contributed by atoms with Crippen LogP contribution >= 0.6 is 0 Å². The van der Waals surface area contributed by atoms with Crippen LogP contribution in [-0.4, -0.2) is 22.2 Å². The van der Waals surface area contributed by atoms with Crippen molar-refractivity contribution in [2.75, 3.05) is 0 Å². The summed E-state index contributed by atoms with van der Waals surface area (Å²) in [6.45, 7) is 2.84. The van der Waals surface area contributed by atoms with Gasteiger partial charge in [-0.15, -0.1) is 0 Å². The summed E-state index contributed by atoms with van der Waals surface area (Å²) in [7, 11) is 0. The smallest absolute Gasteiger partial charge is 0.376 e. The first kappa shape index (κ1) is 12.0. The van der Waals surface area contributed by atoms with Crippen LogP contribution in [0.15, 0.2) is 23.7 Å². The summed E-state index contributed by atoms with van der Waals surface area (Å²) in [6.07, 6.45) is 2.27. The maximum atomic E-state index is 10.4. The van der Waals surface area contributed by atoms with Crippen molar-refractivity contribution in [3.63, 3.8) is 0 Å². The molecule has 14 heavy (non-hydrogen) atoms. The fraction of sp³-hybridized carbons (Fsp3) is 0.250. The molecule has 78 valence electrons. The summed E-state index contributed by atoms with van der Waals surface area (Å²) in [6, 6.07) is 0. The second kappa shape index (κ2) is 5.63. The Labute approximate surface area is 80.0 Å². The molecular weight excluding hydrogens is 192 g/mol. The zero-order chi connectivity index (χ0) is 11.1. The molecule has 0 atom stereocenters. The van der Waals surface area contributed by atoms with E-state index >= 15 is 0 Å². The zero-order valence-corrected chi connectivity index (χ0v) is 7.68. The normalized spacial score (nSPS) is 12.1. The maximum absolute atomic E-state index is 10.4. The molecule has 0 unspecified atom stereocenters. The molecule has 0 aromatic heterocycles. The minimum Gasteiger partial charge on any atom is -0.475 e. The van der Waals surface area contributed by atoms with Crippen LogP contribution in [0, 0.1) is 0 Å². The number of carboxylic acids is 2. The number of carboxylic acid groups (broad SMARTS) is 2. The molecule has 0 spiro atoms.